The molecule has 0 unspecified atom stereocenters. The second-order valence-corrected chi connectivity index (χ2v) is 7.14. The zero-order valence-electron chi connectivity index (χ0n) is 15.5. The van der Waals surface area contributed by atoms with Gasteiger partial charge in [-0.15, -0.1) is 11.8 Å². The van der Waals surface area contributed by atoms with Gasteiger partial charge in [-0.3, -0.25) is 9.98 Å². The molecule has 1 aromatic carbocycles. The summed E-state index contributed by atoms with van der Waals surface area (Å²) in [5, 5.41) is 0. The standard InChI is InChI=1S/C19H17F6N3S/c1-4-29-16-9-13(19(23,24)25)10-27-17(16)15(26-2)11-28(3)14-7-5-12(6-8-14)18(20,21)22/h5-11H,2,4H2,1,3H3/b15-11-. The highest BCUT2D eigenvalue weighted by Crippen LogP contribution is 2.35. The molecule has 0 aliphatic carbocycles. The van der Waals surface area contributed by atoms with Crippen molar-refractivity contribution in [3.8, 4) is 0 Å². The van der Waals surface area contributed by atoms with Crippen LogP contribution < -0.4 is 4.90 Å². The molecule has 10 heteroatoms. The van der Waals surface area contributed by atoms with Gasteiger partial charge in [-0.05, 0) is 42.8 Å². The summed E-state index contributed by atoms with van der Waals surface area (Å²) in [6, 6.07) is 5.43. The molecule has 0 saturated carbocycles. The molecule has 29 heavy (non-hydrogen) atoms. The van der Waals surface area contributed by atoms with E-state index in [0.29, 0.717) is 17.6 Å². The van der Waals surface area contributed by atoms with Crippen LogP contribution in [0.1, 0.15) is 23.7 Å². The van der Waals surface area contributed by atoms with Crippen LogP contribution >= 0.6 is 11.8 Å². The van der Waals surface area contributed by atoms with Crippen LogP contribution in [-0.2, 0) is 12.4 Å². The summed E-state index contributed by atoms with van der Waals surface area (Å²) >= 11 is 1.17. The average Bonchev–Trinajstić information content (AvgIpc) is 2.65. The number of thioether (sulfide) groups is 1. The predicted molar refractivity (Wildman–Crippen MR) is 103 cm³/mol. The molecular formula is C19H17F6N3S. The number of benzene rings is 1. The Morgan fingerprint density at radius 1 is 1.10 bits per heavy atom. The normalized spacial score (nSPS) is 12.8. The summed E-state index contributed by atoms with van der Waals surface area (Å²) in [6.07, 6.45) is -6.81. The molecular weight excluding hydrogens is 416 g/mol. The minimum absolute atomic E-state index is 0.192. The summed E-state index contributed by atoms with van der Waals surface area (Å²) < 4.78 is 77.1. The summed E-state index contributed by atoms with van der Waals surface area (Å²) in [5.74, 6) is 0.509. The van der Waals surface area contributed by atoms with Crippen molar-refractivity contribution in [1.29, 1.82) is 0 Å². The molecule has 0 saturated heterocycles. The zero-order chi connectivity index (χ0) is 21.8. The summed E-state index contributed by atoms with van der Waals surface area (Å²) in [7, 11) is 1.57. The smallest absolute Gasteiger partial charge is 0.349 e. The van der Waals surface area contributed by atoms with Crippen molar-refractivity contribution in [1.82, 2.24) is 4.98 Å². The van der Waals surface area contributed by atoms with E-state index in [1.807, 2.05) is 0 Å². The van der Waals surface area contributed by atoms with E-state index in [9.17, 15) is 26.3 Å². The van der Waals surface area contributed by atoms with E-state index in [1.165, 1.54) is 35.0 Å². The maximum absolute atomic E-state index is 13.0. The zero-order valence-corrected chi connectivity index (χ0v) is 16.3. The lowest BCUT2D eigenvalue weighted by molar-refractivity contribution is -0.138. The van der Waals surface area contributed by atoms with Crippen LogP contribution in [0, 0.1) is 0 Å². The van der Waals surface area contributed by atoms with Crippen LogP contribution in [0.3, 0.4) is 0 Å². The summed E-state index contributed by atoms with van der Waals surface area (Å²) in [5.41, 5.74) is -0.838. The molecule has 0 aliphatic heterocycles. The fourth-order valence-corrected chi connectivity index (χ4v) is 3.19. The Kier molecular flexibility index (Phi) is 6.99. The minimum Gasteiger partial charge on any atom is -0.349 e. The Balaban J connectivity index is 2.41. The Hall–Kier alpha value is -2.49. The number of hydrogen-bond donors (Lipinski definition) is 0. The number of hydrogen-bond acceptors (Lipinski definition) is 4. The molecule has 0 atom stereocenters. The highest BCUT2D eigenvalue weighted by Gasteiger charge is 2.32. The Morgan fingerprint density at radius 2 is 1.69 bits per heavy atom. The fraction of sp³-hybridized carbons (Fsp3) is 0.263. The van der Waals surface area contributed by atoms with Gasteiger partial charge in [0.2, 0.25) is 0 Å². The number of nitrogens with zero attached hydrogens (tertiary/aromatic N) is 3. The van der Waals surface area contributed by atoms with Gasteiger partial charge in [-0.2, -0.15) is 26.3 Å². The van der Waals surface area contributed by atoms with E-state index in [0.717, 1.165) is 18.2 Å². The average molecular weight is 433 g/mol. The maximum Gasteiger partial charge on any atom is 0.417 e. The number of alkyl halides is 6. The molecule has 0 radical (unpaired) electrons. The van der Waals surface area contributed by atoms with Crippen molar-refractivity contribution < 1.29 is 26.3 Å². The third-order valence-corrected chi connectivity index (χ3v) is 4.72. The number of aromatic nitrogens is 1. The number of halogens is 6. The van der Waals surface area contributed by atoms with E-state index in [1.54, 1.807) is 14.0 Å². The van der Waals surface area contributed by atoms with E-state index in [4.69, 9.17) is 0 Å². The third-order valence-electron chi connectivity index (χ3n) is 3.81. The molecule has 0 fully saturated rings. The first-order chi connectivity index (χ1) is 13.5. The lowest BCUT2D eigenvalue weighted by Crippen LogP contribution is -2.11. The molecule has 0 N–H and O–H groups in total. The van der Waals surface area contributed by atoms with E-state index < -0.39 is 23.5 Å². The minimum atomic E-state index is -4.53. The number of pyridine rings is 1. The lowest BCUT2D eigenvalue weighted by Gasteiger charge is -2.18. The van der Waals surface area contributed by atoms with Gasteiger partial charge < -0.3 is 4.90 Å². The van der Waals surface area contributed by atoms with E-state index in [2.05, 4.69) is 16.7 Å². The fourth-order valence-electron chi connectivity index (χ4n) is 2.38. The molecule has 0 spiro atoms. The number of anilines is 1. The first-order valence-corrected chi connectivity index (χ1v) is 9.25. The van der Waals surface area contributed by atoms with E-state index >= 15 is 0 Å². The van der Waals surface area contributed by atoms with Crippen LogP contribution in [0.2, 0.25) is 0 Å². The van der Waals surface area contributed by atoms with E-state index in [-0.39, 0.29) is 16.3 Å². The SMILES string of the molecule is C=N/C(=C\N(C)c1ccc(C(F)(F)F)cc1)c1ncc(C(F)(F)F)cc1SCC. The Bertz CT molecular complexity index is 888. The second-order valence-electron chi connectivity index (χ2n) is 5.83. The van der Waals surface area contributed by atoms with Gasteiger partial charge in [0, 0.05) is 30.0 Å². The largest absolute Gasteiger partial charge is 0.417 e. The quantitative estimate of drug-likeness (QED) is 0.301. The van der Waals surface area contributed by atoms with Gasteiger partial charge in [0.1, 0.15) is 11.4 Å². The molecule has 0 bridgehead atoms. The van der Waals surface area contributed by atoms with Gasteiger partial charge in [0.05, 0.1) is 11.1 Å². The molecule has 2 rings (SSSR count). The van der Waals surface area contributed by atoms with Crippen LogP contribution in [0.4, 0.5) is 32.0 Å². The van der Waals surface area contributed by atoms with Crippen molar-refractivity contribution in [3.05, 3.63) is 59.5 Å². The highest BCUT2D eigenvalue weighted by atomic mass is 32.2. The van der Waals surface area contributed by atoms with Gasteiger partial charge in [0.25, 0.3) is 0 Å². The van der Waals surface area contributed by atoms with Crippen LogP contribution in [0.25, 0.3) is 5.70 Å². The lowest BCUT2D eigenvalue weighted by atomic mass is 10.2. The molecule has 0 aliphatic rings. The molecule has 156 valence electrons. The molecule has 1 heterocycles. The monoisotopic (exact) mass is 433 g/mol. The van der Waals surface area contributed by atoms with Crippen molar-refractivity contribution in [2.75, 3.05) is 17.7 Å². The summed E-state index contributed by atoms with van der Waals surface area (Å²) in [6.45, 7) is 5.22. The first kappa shape index (κ1) is 22.8. The van der Waals surface area contributed by atoms with Gasteiger partial charge in [-0.1, -0.05) is 6.92 Å². The van der Waals surface area contributed by atoms with Gasteiger partial charge in [-0.25, -0.2) is 0 Å². The van der Waals surface area contributed by atoms with Crippen molar-refractivity contribution >= 4 is 29.9 Å². The van der Waals surface area contributed by atoms with Crippen LogP contribution in [0.15, 0.2) is 52.6 Å². The number of aliphatic imine (C=N–C) groups is 1. The number of rotatable bonds is 6. The molecule has 1 aromatic heterocycles. The van der Waals surface area contributed by atoms with Gasteiger partial charge >= 0.3 is 12.4 Å². The Labute approximate surface area is 168 Å². The van der Waals surface area contributed by atoms with Crippen molar-refractivity contribution in [3.63, 3.8) is 0 Å². The van der Waals surface area contributed by atoms with Gasteiger partial charge in [0.15, 0.2) is 0 Å². The van der Waals surface area contributed by atoms with Crippen molar-refractivity contribution in [2.45, 2.75) is 24.2 Å². The molecule has 0 amide bonds. The summed E-state index contributed by atoms with van der Waals surface area (Å²) in [4.78, 5) is 9.53. The maximum atomic E-state index is 13.0. The molecule has 2 aromatic rings. The Morgan fingerprint density at radius 3 is 2.17 bits per heavy atom. The van der Waals surface area contributed by atoms with Crippen LogP contribution in [0.5, 0.6) is 0 Å². The second kappa shape index (κ2) is 8.89. The van der Waals surface area contributed by atoms with Crippen LogP contribution in [-0.4, -0.2) is 24.5 Å². The predicted octanol–water partition coefficient (Wildman–Crippen LogP) is 6.37. The molecule has 3 nitrogen and oxygen atoms in total. The highest BCUT2D eigenvalue weighted by molar-refractivity contribution is 7.99. The third kappa shape index (κ3) is 5.75. The first-order valence-electron chi connectivity index (χ1n) is 8.26. The topological polar surface area (TPSA) is 28.5 Å². The van der Waals surface area contributed by atoms with Crippen molar-refractivity contribution in [2.24, 2.45) is 4.99 Å².